The molecule has 0 unspecified atom stereocenters. The highest BCUT2D eigenvalue weighted by molar-refractivity contribution is 9.10. The van der Waals surface area contributed by atoms with Crippen LogP contribution in [0.4, 0.5) is 5.69 Å². The lowest BCUT2D eigenvalue weighted by molar-refractivity contribution is 0.969. The van der Waals surface area contributed by atoms with Crippen molar-refractivity contribution in [1.29, 1.82) is 0 Å². The van der Waals surface area contributed by atoms with Gasteiger partial charge >= 0.3 is 0 Å². The lowest BCUT2D eigenvalue weighted by Gasteiger charge is -2.04. The van der Waals surface area contributed by atoms with Crippen molar-refractivity contribution in [3.63, 3.8) is 0 Å². The molecule has 1 aromatic heterocycles. The summed E-state index contributed by atoms with van der Waals surface area (Å²) in [6.07, 6.45) is 0. The molecule has 0 bridgehead atoms. The molecule has 0 atom stereocenters. The van der Waals surface area contributed by atoms with E-state index in [0.717, 1.165) is 32.5 Å². The zero-order chi connectivity index (χ0) is 11.5. The highest BCUT2D eigenvalue weighted by Gasteiger charge is 2.06. The summed E-state index contributed by atoms with van der Waals surface area (Å²) in [6, 6.07) is 5.85. The number of H-pyrrole nitrogens is 1. The molecule has 2 aromatic rings. The van der Waals surface area contributed by atoms with Gasteiger partial charge < -0.3 is 5.73 Å². The number of thioether (sulfide) groups is 1. The Morgan fingerprint density at radius 2 is 2.31 bits per heavy atom. The Hall–Kier alpha value is -1.01. The summed E-state index contributed by atoms with van der Waals surface area (Å²) >= 11 is 5.05. The molecule has 0 amide bonds. The number of aromatic amines is 1. The van der Waals surface area contributed by atoms with Gasteiger partial charge in [-0.15, -0.1) is 5.10 Å². The van der Waals surface area contributed by atoms with Crippen LogP contribution in [0.1, 0.15) is 11.4 Å². The summed E-state index contributed by atoms with van der Waals surface area (Å²) in [4.78, 5) is 4.23. The first-order valence-electron chi connectivity index (χ1n) is 4.71. The fraction of sp³-hybridized carbons (Fsp3) is 0.200. The van der Waals surface area contributed by atoms with Crippen molar-refractivity contribution in [2.24, 2.45) is 0 Å². The molecule has 0 spiro atoms. The van der Waals surface area contributed by atoms with Gasteiger partial charge in [-0.1, -0.05) is 23.9 Å². The summed E-state index contributed by atoms with van der Waals surface area (Å²) < 4.78 is 0.953. The first-order chi connectivity index (χ1) is 7.66. The fourth-order valence-electron chi connectivity index (χ4n) is 1.24. The average molecular weight is 299 g/mol. The monoisotopic (exact) mass is 298 g/mol. The Morgan fingerprint density at radius 1 is 1.50 bits per heavy atom. The zero-order valence-electron chi connectivity index (χ0n) is 8.70. The molecule has 1 heterocycles. The van der Waals surface area contributed by atoms with Crippen LogP contribution in [0, 0.1) is 6.92 Å². The number of nitrogens with zero attached hydrogens (tertiary/aromatic N) is 2. The minimum absolute atomic E-state index is 0.754. The summed E-state index contributed by atoms with van der Waals surface area (Å²) in [7, 11) is 0. The predicted octanol–water partition coefficient (Wildman–Crippen LogP) is 2.75. The maximum atomic E-state index is 5.80. The maximum absolute atomic E-state index is 5.80. The van der Waals surface area contributed by atoms with Crippen LogP contribution in [-0.4, -0.2) is 15.2 Å². The van der Waals surface area contributed by atoms with E-state index in [2.05, 4.69) is 31.1 Å². The van der Waals surface area contributed by atoms with Gasteiger partial charge in [0, 0.05) is 15.9 Å². The van der Waals surface area contributed by atoms with Gasteiger partial charge in [-0.3, -0.25) is 5.10 Å². The molecule has 2 rings (SSSR count). The highest BCUT2D eigenvalue weighted by Crippen LogP contribution is 2.28. The second-order valence-corrected chi connectivity index (χ2v) is 5.05. The zero-order valence-corrected chi connectivity index (χ0v) is 11.1. The molecule has 0 saturated heterocycles. The van der Waals surface area contributed by atoms with Crippen molar-refractivity contribution in [3.05, 3.63) is 34.1 Å². The number of nitrogen functional groups attached to an aromatic ring is 1. The molecule has 0 radical (unpaired) electrons. The number of nitrogens with one attached hydrogen (secondary N) is 1. The number of benzene rings is 1. The summed E-state index contributed by atoms with van der Waals surface area (Å²) in [6.45, 7) is 1.88. The molecule has 84 valence electrons. The fourth-order valence-corrected chi connectivity index (χ4v) is 2.67. The van der Waals surface area contributed by atoms with E-state index in [-0.39, 0.29) is 0 Å². The van der Waals surface area contributed by atoms with E-state index < -0.39 is 0 Å². The molecule has 4 nitrogen and oxygen atoms in total. The Bertz CT molecular complexity index is 497. The van der Waals surface area contributed by atoms with Gasteiger partial charge in [0.25, 0.3) is 0 Å². The van der Waals surface area contributed by atoms with E-state index in [1.807, 2.05) is 25.1 Å². The van der Waals surface area contributed by atoms with Crippen molar-refractivity contribution in [2.75, 3.05) is 5.73 Å². The third-order valence-electron chi connectivity index (χ3n) is 2.04. The van der Waals surface area contributed by atoms with Crippen LogP contribution in [0.5, 0.6) is 0 Å². The van der Waals surface area contributed by atoms with Crippen LogP contribution < -0.4 is 5.73 Å². The average Bonchev–Trinajstić information content (AvgIpc) is 2.67. The molecule has 0 fully saturated rings. The van der Waals surface area contributed by atoms with Crippen LogP contribution in [0.2, 0.25) is 0 Å². The standard InChI is InChI=1S/C10H11BrN4S/c1-6-13-10(15-14-6)16-5-7-3-2-4-8(12)9(7)11/h2-4H,5,12H2,1H3,(H,13,14,15). The van der Waals surface area contributed by atoms with E-state index in [1.54, 1.807) is 11.8 Å². The van der Waals surface area contributed by atoms with Crippen LogP contribution in [-0.2, 0) is 5.75 Å². The van der Waals surface area contributed by atoms with Gasteiger partial charge in [-0.2, -0.15) is 0 Å². The first kappa shape index (κ1) is 11.5. The Balaban J connectivity index is 2.07. The second kappa shape index (κ2) is 4.88. The molecule has 0 aliphatic heterocycles. The number of rotatable bonds is 3. The van der Waals surface area contributed by atoms with Crippen molar-refractivity contribution >= 4 is 33.4 Å². The summed E-state index contributed by atoms with van der Waals surface area (Å²) in [5, 5.41) is 7.63. The lowest BCUT2D eigenvalue weighted by atomic mass is 10.2. The number of aromatic nitrogens is 3. The lowest BCUT2D eigenvalue weighted by Crippen LogP contribution is -1.91. The van der Waals surface area contributed by atoms with E-state index in [4.69, 9.17) is 5.73 Å². The maximum Gasteiger partial charge on any atom is 0.208 e. The van der Waals surface area contributed by atoms with E-state index in [9.17, 15) is 0 Å². The predicted molar refractivity (Wildman–Crippen MR) is 69.2 cm³/mol. The molecule has 1 aromatic carbocycles. The Kier molecular flexibility index (Phi) is 3.50. The van der Waals surface area contributed by atoms with Crippen molar-refractivity contribution < 1.29 is 0 Å². The summed E-state index contributed by atoms with van der Waals surface area (Å²) in [5.74, 6) is 1.62. The largest absolute Gasteiger partial charge is 0.398 e. The number of aryl methyl sites for hydroxylation is 1. The quantitative estimate of drug-likeness (QED) is 0.675. The van der Waals surface area contributed by atoms with Crippen LogP contribution in [0.25, 0.3) is 0 Å². The van der Waals surface area contributed by atoms with Gasteiger partial charge in [0.1, 0.15) is 5.82 Å². The third kappa shape index (κ3) is 2.56. The molecule has 6 heteroatoms. The smallest absolute Gasteiger partial charge is 0.208 e. The first-order valence-corrected chi connectivity index (χ1v) is 6.49. The van der Waals surface area contributed by atoms with Gasteiger partial charge in [0.05, 0.1) is 0 Å². The number of hydrogen-bond acceptors (Lipinski definition) is 4. The minimum atomic E-state index is 0.754. The SMILES string of the molecule is Cc1nc(SCc2cccc(N)c2Br)n[nH]1. The topological polar surface area (TPSA) is 67.6 Å². The van der Waals surface area contributed by atoms with Crippen LogP contribution in [0.15, 0.2) is 27.8 Å². The molecule has 16 heavy (non-hydrogen) atoms. The van der Waals surface area contributed by atoms with Gasteiger partial charge in [0.15, 0.2) is 0 Å². The minimum Gasteiger partial charge on any atom is -0.398 e. The molecule has 3 N–H and O–H groups in total. The number of nitrogens with two attached hydrogens (primary N) is 1. The molecule has 0 aliphatic rings. The molecule has 0 aliphatic carbocycles. The van der Waals surface area contributed by atoms with E-state index >= 15 is 0 Å². The molecular weight excluding hydrogens is 288 g/mol. The highest BCUT2D eigenvalue weighted by atomic mass is 79.9. The van der Waals surface area contributed by atoms with Crippen molar-refractivity contribution in [2.45, 2.75) is 17.8 Å². The Labute approximate surface area is 106 Å². The van der Waals surface area contributed by atoms with Crippen LogP contribution >= 0.6 is 27.7 Å². The molecular formula is C10H11BrN4S. The normalized spacial score (nSPS) is 10.6. The van der Waals surface area contributed by atoms with Crippen LogP contribution in [0.3, 0.4) is 0 Å². The van der Waals surface area contributed by atoms with Gasteiger partial charge in [-0.05, 0) is 34.5 Å². The second-order valence-electron chi connectivity index (χ2n) is 3.31. The number of anilines is 1. The third-order valence-corrected chi connectivity index (χ3v) is 3.91. The van der Waals surface area contributed by atoms with E-state index in [1.165, 1.54) is 0 Å². The van der Waals surface area contributed by atoms with Crippen molar-refractivity contribution in [1.82, 2.24) is 15.2 Å². The number of halogens is 1. The Morgan fingerprint density at radius 3 is 3.00 bits per heavy atom. The van der Waals surface area contributed by atoms with Gasteiger partial charge in [-0.25, -0.2) is 4.98 Å². The van der Waals surface area contributed by atoms with Crippen molar-refractivity contribution in [3.8, 4) is 0 Å². The summed E-state index contributed by atoms with van der Waals surface area (Å²) in [5.41, 5.74) is 7.70. The van der Waals surface area contributed by atoms with Gasteiger partial charge in [0.2, 0.25) is 5.16 Å². The molecule has 0 saturated carbocycles. The van der Waals surface area contributed by atoms with E-state index in [0.29, 0.717) is 0 Å². The number of hydrogen-bond donors (Lipinski definition) is 2.